The van der Waals surface area contributed by atoms with Crippen molar-refractivity contribution >= 4 is 11.8 Å². The first-order chi connectivity index (χ1) is 12.0. The summed E-state index contributed by atoms with van der Waals surface area (Å²) in [5.41, 5.74) is -1.27. The zero-order chi connectivity index (χ0) is 17.9. The number of nitrogens with zero attached hydrogens (tertiary/aromatic N) is 2. The highest BCUT2D eigenvalue weighted by Crippen LogP contribution is 2.30. The number of amides is 2. The lowest BCUT2D eigenvalue weighted by Gasteiger charge is -2.24. The van der Waals surface area contributed by atoms with E-state index >= 15 is 0 Å². The molecule has 0 bridgehead atoms. The number of furan rings is 1. The van der Waals surface area contributed by atoms with E-state index in [-0.39, 0.29) is 12.6 Å². The Labute approximate surface area is 147 Å². The van der Waals surface area contributed by atoms with Crippen molar-refractivity contribution in [3.05, 3.63) is 35.9 Å². The highest BCUT2D eigenvalue weighted by atomic mass is 16.4. The van der Waals surface area contributed by atoms with Crippen LogP contribution in [0.2, 0.25) is 0 Å². The largest absolute Gasteiger partial charge is 0.463 e. The second-order valence-corrected chi connectivity index (χ2v) is 6.94. The van der Waals surface area contributed by atoms with Crippen LogP contribution in [0.4, 0.5) is 10.6 Å². The lowest BCUT2D eigenvalue weighted by atomic mass is 9.96. The summed E-state index contributed by atoms with van der Waals surface area (Å²) >= 11 is 0. The first-order valence-electron chi connectivity index (χ1n) is 8.83. The van der Waals surface area contributed by atoms with Gasteiger partial charge in [0.25, 0.3) is 0 Å². The number of aliphatic hydroxyl groups is 1. The molecule has 0 radical (unpaired) electrons. The van der Waals surface area contributed by atoms with Gasteiger partial charge >= 0.3 is 6.03 Å². The number of aryl methyl sites for hydroxylation is 1. The summed E-state index contributed by atoms with van der Waals surface area (Å²) in [6.07, 6.45) is 7.53. The van der Waals surface area contributed by atoms with Crippen molar-refractivity contribution in [2.45, 2.75) is 57.6 Å². The second-order valence-electron chi connectivity index (χ2n) is 6.94. The van der Waals surface area contributed by atoms with Crippen LogP contribution in [0.15, 0.2) is 28.8 Å². The van der Waals surface area contributed by atoms with Gasteiger partial charge in [0.2, 0.25) is 0 Å². The standard InChI is InChI=1S/C18H26N4O3/c1-13-8-9-15(25-13)18(2,24)12-19-17(23)21-16-10-11-20-22(16)14-6-4-3-5-7-14/h8-11,14,24H,3-7,12H2,1-2H3,(H2,19,21,23)/t18-/m0/s1. The molecule has 25 heavy (non-hydrogen) atoms. The molecule has 2 aromatic rings. The molecule has 1 aliphatic rings. The van der Waals surface area contributed by atoms with Gasteiger partial charge in [0.15, 0.2) is 0 Å². The molecule has 0 saturated heterocycles. The number of hydrogen-bond donors (Lipinski definition) is 3. The first-order valence-corrected chi connectivity index (χ1v) is 8.83. The molecule has 0 aromatic carbocycles. The third-order valence-electron chi connectivity index (χ3n) is 4.70. The van der Waals surface area contributed by atoms with E-state index in [9.17, 15) is 9.90 Å². The third kappa shape index (κ3) is 4.22. The van der Waals surface area contributed by atoms with Gasteiger partial charge in [-0.05, 0) is 38.8 Å². The molecule has 2 aromatic heterocycles. The Morgan fingerprint density at radius 1 is 1.36 bits per heavy atom. The molecule has 1 fully saturated rings. The van der Waals surface area contributed by atoms with E-state index < -0.39 is 5.60 Å². The molecule has 136 valence electrons. The molecule has 3 N–H and O–H groups in total. The number of hydrogen-bond acceptors (Lipinski definition) is 4. The molecule has 2 amide bonds. The molecule has 0 unspecified atom stereocenters. The summed E-state index contributed by atoms with van der Waals surface area (Å²) in [5, 5.41) is 20.4. The maximum atomic E-state index is 12.2. The number of carbonyl (C=O) groups is 1. The summed E-state index contributed by atoms with van der Waals surface area (Å²) < 4.78 is 7.34. The normalized spacial score (nSPS) is 17.9. The zero-order valence-corrected chi connectivity index (χ0v) is 14.8. The first kappa shape index (κ1) is 17.5. The Kier molecular flexibility index (Phi) is 5.13. The number of urea groups is 1. The van der Waals surface area contributed by atoms with E-state index in [1.165, 1.54) is 19.3 Å². The fraction of sp³-hybridized carbons (Fsp3) is 0.556. The molecule has 7 nitrogen and oxygen atoms in total. The average molecular weight is 346 g/mol. The Morgan fingerprint density at radius 2 is 2.12 bits per heavy atom. The van der Waals surface area contributed by atoms with Gasteiger partial charge in [-0.25, -0.2) is 9.48 Å². The van der Waals surface area contributed by atoms with Crippen LogP contribution < -0.4 is 10.6 Å². The van der Waals surface area contributed by atoms with Gasteiger partial charge < -0.3 is 14.8 Å². The van der Waals surface area contributed by atoms with Gasteiger partial charge in [0.1, 0.15) is 22.9 Å². The van der Waals surface area contributed by atoms with Crippen LogP contribution in [0.5, 0.6) is 0 Å². The van der Waals surface area contributed by atoms with Crippen molar-refractivity contribution in [3.8, 4) is 0 Å². The molecule has 1 saturated carbocycles. The Morgan fingerprint density at radius 3 is 2.80 bits per heavy atom. The van der Waals surface area contributed by atoms with E-state index in [0.717, 1.165) is 18.6 Å². The van der Waals surface area contributed by atoms with Crippen LogP contribution in [0.25, 0.3) is 0 Å². The van der Waals surface area contributed by atoms with Crippen molar-refractivity contribution in [2.24, 2.45) is 0 Å². The summed E-state index contributed by atoms with van der Waals surface area (Å²) in [6, 6.07) is 5.26. The molecule has 1 atom stereocenters. The lowest BCUT2D eigenvalue weighted by Crippen LogP contribution is -2.40. The van der Waals surface area contributed by atoms with Gasteiger partial charge in [-0.15, -0.1) is 0 Å². The number of rotatable bonds is 5. The Hall–Kier alpha value is -2.28. The smallest absolute Gasteiger partial charge is 0.320 e. The number of carbonyl (C=O) groups excluding carboxylic acids is 1. The minimum atomic E-state index is -1.27. The van der Waals surface area contributed by atoms with Gasteiger partial charge in [0.05, 0.1) is 18.8 Å². The number of nitrogens with one attached hydrogen (secondary N) is 2. The van der Waals surface area contributed by atoms with Crippen molar-refractivity contribution in [3.63, 3.8) is 0 Å². The van der Waals surface area contributed by atoms with Crippen LogP contribution in [0.1, 0.15) is 56.6 Å². The van der Waals surface area contributed by atoms with Crippen molar-refractivity contribution < 1.29 is 14.3 Å². The number of anilines is 1. The van der Waals surface area contributed by atoms with Crippen LogP contribution in [-0.2, 0) is 5.60 Å². The van der Waals surface area contributed by atoms with Crippen molar-refractivity contribution in [1.82, 2.24) is 15.1 Å². The summed E-state index contributed by atoms with van der Waals surface area (Å²) in [5.74, 6) is 1.83. The highest BCUT2D eigenvalue weighted by Gasteiger charge is 2.27. The molecule has 7 heteroatoms. The fourth-order valence-electron chi connectivity index (χ4n) is 3.25. The van der Waals surface area contributed by atoms with Crippen molar-refractivity contribution in [2.75, 3.05) is 11.9 Å². The molecular weight excluding hydrogens is 320 g/mol. The van der Waals surface area contributed by atoms with Gasteiger partial charge in [-0.3, -0.25) is 5.32 Å². The van der Waals surface area contributed by atoms with Crippen LogP contribution >= 0.6 is 0 Å². The van der Waals surface area contributed by atoms with Crippen LogP contribution in [0.3, 0.4) is 0 Å². The SMILES string of the molecule is Cc1ccc([C@@](C)(O)CNC(=O)Nc2ccnn2C2CCCCC2)o1. The average Bonchev–Trinajstić information content (AvgIpc) is 3.23. The zero-order valence-electron chi connectivity index (χ0n) is 14.8. The topological polar surface area (TPSA) is 92.3 Å². The predicted molar refractivity (Wildman–Crippen MR) is 94.4 cm³/mol. The molecular formula is C18H26N4O3. The lowest BCUT2D eigenvalue weighted by molar-refractivity contribution is 0.0364. The highest BCUT2D eigenvalue weighted by molar-refractivity contribution is 5.88. The minimum Gasteiger partial charge on any atom is -0.463 e. The Balaban J connectivity index is 1.57. The predicted octanol–water partition coefficient (Wildman–Crippen LogP) is 3.32. The van der Waals surface area contributed by atoms with Gasteiger partial charge in [0, 0.05) is 6.07 Å². The molecule has 3 rings (SSSR count). The number of aromatic nitrogens is 2. The van der Waals surface area contributed by atoms with E-state index in [1.54, 1.807) is 31.3 Å². The summed E-state index contributed by atoms with van der Waals surface area (Å²) in [7, 11) is 0. The van der Waals surface area contributed by atoms with E-state index in [0.29, 0.717) is 17.6 Å². The molecule has 2 heterocycles. The molecule has 0 spiro atoms. The quantitative estimate of drug-likeness (QED) is 0.774. The van der Waals surface area contributed by atoms with Gasteiger partial charge in [-0.1, -0.05) is 19.3 Å². The van der Waals surface area contributed by atoms with E-state index in [1.807, 2.05) is 11.6 Å². The van der Waals surface area contributed by atoms with E-state index in [4.69, 9.17) is 4.42 Å². The molecule has 0 aliphatic heterocycles. The minimum absolute atomic E-state index is 0.0450. The fourth-order valence-corrected chi connectivity index (χ4v) is 3.25. The maximum Gasteiger partial charge on any atom is 0.320 e. The third-order valence-corrected chi connectivity index (χ3v) is 4.70. The Bertz CT molecular complexity index is 713. The molecule has 1 aliphatic carbocycles. The van der Waals surface area contributed by atoms with Gasteiger partial charge in [-0.2, -0.15) is 5.10 Å². The monoisotopic (exact) mass is 346 g/mol. The summed E-state index contributed by atoms with van der Waals surface area (Å²) in [4.78, 5) is 12.2. The van der Waals surface area contributed by atoms with E-state index in [2.05, 4.69) is 15.7 Å². The van der Waals surface area contributed by atoms with Crippen LogP contribution in [0, 0.1) is 6.92 Å². The van der Waals surface area contributed by atoms with Crippen molar-refractivity contribution in [1.29, 1.82) is 0 Å². The second kappa shape index (κ2) is 7.31. The maximum absolute atomic E-state index is 12.2. The van der Waals surface area contributed by atoms with Crippen LogP contribution in [-0.4, -0.2) is 27.5 Å². The summed E-state index contributed by atoms with van der Waals surface area (Å²) in [6.45, 7) is 3.47.